The van der Waals surface area contributed by atoms with Crippen molar-refractivity contribution < 1.29 is 0 Å². The molecule has 0 radical (unpaired) electrons. The summed E-state index contributed by atoms with van der Waals surface area (Å²) in [5, 5.41) is 13.8. The van der Waals surface area contributed by atoms with E-state index in [9.17, 15) is 5.26 Å². The lowest BCUT2D eigenvalue weighted by Crippen LogP contribution is -2.16. The van der Waals surface area contributed by atoms with Crippen molar-refractivity contribution in [1.82, 2.24) is 10.3 Å². The van der Waals surface area contributed by atoms with E-state index in [4.69, 9.17) is 11.6 Å². The van der Waals surface area contributed by atoms with Gasteiger partial charge in [0, 0.05) is 24.0 Å². The smallest absolute Gasteiger partial charge is 0.101 e. The van der Waals surface area contributed by atoms with Crippen LogP contribution >= 0.6 is 11.6 Å². The fourth-order valence-corrected chi connectivity index (χ4v) is 6.00. The lowest BCUT2D eigenvalue weighted by atomic mass is 9.89. The molecule has 218 valence electrons. The number of hydrogen-bond acceptors (Lipinski definition) is 3. The van der Waals surface area contributed by atoms with Gasteiger partial charge in [-0.15, -0.1) is 0 Å². The Morgan fingerprint density at radius 3 is 2.29 bits per heavy atom. The van der Waals surface area contributed by atoms with E-state index < -0.39 is 0 Å². The molecule has 42 heavy (non-hydrogen) atoms. The molecule has 4 heteroatoms. The molecule has 1 heterocycles. The number of aromatic nitrogens is 1. The summed E-state index contributed by atoms with van der Waals surface area (Å²) in [5.74, 6) is 0. The summed E-state index contributed by atoms with van der Waals surface area (Å²) < 4.78 is 0. The molecule has 0 saturated heterocycles. The molecule has 0 aliphatic heterocycles. The van der Waals surface area contributed by atoms with Crippen LogP contribution in [0, 0.1) is 32.1 Å². The van der Waals surface area contributed by atoms with E-state index in [2.05, 4.69) is 92.6 Å². The molecule has 0 amide bonds. The molecule has 3 nitrogen and oxygen atoms in total. The molecule has 0 aliphatic carbocycles. The van der Waals surface area contributed by atoms with Crippen LogP contribution in [0.1, 0.15) is 82.7 Å². The molecule has 0 unspecified atom stereocenters. The maximum Gasteiger partial charge on any atom is 0.101 e. The van der Waals surface area contributed by atoms with Crippen molar-refractivity contribution in [3.63, 3.8) is 0 Å². The molecule has 0 bridgehead atoms. The molecule has 4 aromatic rings. The highest BCUT2D eigenvalue weighted by Gasteiger charge is 2.13. The van der Waals surface area contributed by atoms with E-state index in [0.29, 0.717) is 5.56 Å². The summed E-state index contributed by atoms with van der Waals surface area (Å²) in [6.45, 7) is 10.7. The van der Waals surface area contributed by atoms with Gasteiger partial charge < -0.3 is 5.32 Å². The molecule has 0 spiro atoms. The van der Waals surface area contributed by atoms with E-state index in [1.165, 1.54) is 75.8 Å². The summed E-state index contributed by atoms with van der Waals surface area (Å²) in [4.78, 5) is 4.26. The van der Waals surface area contributed by atoms with Crippen LogP contribution in [0.15, 0.2) is 67.0 Å². The standard InChI is InChI=1S/C38H44ClN3/c1-5-6-7-8-19-41-26-35-22-38(39)34(21-33(35)16-15-30-20-31(23-40)25-42-24-30)18-17-32-12-10-14-37(29(32)4)36-13-9-11-27(2)28(36)3/h9-14,20-22,24-25,41H,5-8,15-19,26H2,1-4H3. The number of nitrogens with zero attached hydrogens (tertiary/aromatic N) is 2. The van der Waals surface area contributed by atoms with Crippen molar-refractivity contribution in [3.8, 4) is 17.2 Å². The first-order valence-corrected chi connectivity index (χ1v) is 15.8. The predicted molar refractivity (Wildman–Crippen MR) is 177 cm³/mol. The van der Waals surface area contributed by atoms with Gasteiger partial charge >= 0.3 is 0 Å². The average molecular weight is 578 g/mol. The van der Waals surface area contributed by atoms with Gasteiger partial charge in [-0.3, -0.25) is 4.98 Å². The first-order chi connectivity index (χ1) is 20.4. The van der Waals surface area contributed by atoms with Gasteiger partial charge in [0.25, 0.3) is 0 Å². The zero-order valence-corrected chi connectivity index (χ0v) is 26.5. The highest BCUT2D eigenvalue weighted by Crippen LogP contribution is 2.31. The monoisotopic (exact) mass is 577 g/mol. The third-order valence-electron chi connectivity index (χ3n) is 8.50. The minimum Gasteiger partial charge on any atom is -0.313 e. The Morgan fingerprint density at radius 1 is 0.762 bits per heavy atom. The van der Waals surface area contributed by atoms with E-state index >= 15 is 0 Å². The fraction of sp³-hybridized carbons (Fsp3) is 0.368. The second-order valence-electron chi connectivity index (χ2n) is 11.5. The van der Waals surface area contributed by atoms with E-state index in [1.807, 2.05) is 12.3 Å². The molecule has 3 aromatic carbocycles. The number of halogens is 1. The van der Waals surface area contributed by atoms with Crippen LogP contribution < -0.4 is 5.32 Å². The van der Waals surface area contributed by atoms with Gasteiger partial charge in [0.1, 0.15) is 6.07 Å². The molecule has 0 aliphatic rings. The molecule has 0 atom stereocenters. The van der Waals surface area contributed by atoms with Crippen LogP contribution in [0.25, 0.3) is 11.1 Å². The molecule has 0 fully saturated rings. The molecular formula is C38H44ClN3. The molecular weight excluding hydrogens is 534 g/mol. The van der Waals surface area contributed by atoms with Gasteiger partial charge in [-0.1, -0.05) is 80.3 Å². The van der Waals surface area contributed by atoms with Crippen LogP contribution in [0.2, 0.25) is 5.02 Å². The Hall–Kier alpha value is -3.45. The Kier molecular flexibility index (Phi) is 11.8. The van der Waals surface area contributed by atoms with Crippen LogP contribution in [-0.2, 0) is 32.2 Å². The first-order valence-electron chi connectivity index (χ1n) is 15.4. The Balaban J connectivity index is 1.54. The normalized spacial score (nSPS) is 11.0. The van der Waals surface area contributed by atoms with Gasteiger partial charge in [-0.2, -0.15) is 5.26 Å². The van der Waals surface area contributed by atoms with Crippen molar-refractivity contribution in [2.24, 2.45) is 0 Å². The van der Waals surface area contributed by atoms with Crippen molar-refractivity contribution in [2.45, 2.75) is 85.6 Å². The third kappa shape index (κ3) is 8.31. The molecule has 4 rings (SSSR count). The number of nitrogens with one attached hydrogen (secondary N) is 1. The summed E-state index contributed by atoms with van der Waals surface area (Å²) >= 11 is 6.94. The highest BCUT2D eigenvalue weighted by molar-refractivity contribution is 6.31. The second-order valence-corrected chi connectivity index (χ2v) is 11.9. The van der Waals surface area contributed by atoms with Crippen molar-refractivity contribution in [1.29, 1.82) is 5.26 Å². The second kappa shape index (κ2) is 15.7. The number of nitriles is 1. The van der Waals surface area contributed by atoms with Gasteiger partial charge in [-0.25, -0.2) is 0 Å². The molecule has 1 N–H and O–H groups in total. The van der Waals surface area contributed by atoms with Crippen LogP contribution in [0.3, 0.4) is 0 Å². The number of benzene rings is 3. The van der Waals surface area contributed by atoms with Gasteiger partial charge in [-0.05, 0) is 127 Å². The predicted octanol–water partition coefficient (Wildman–Crippen LogP) is 9.44. The number of rotatable bonds is 14. The lowest BCUT2D eigenvalue weighted by molar-refractivity contribution is 0.596. The first kappa shape index (κ1) is 31.5. The summed E-state index contributed by atoms with van der Waals surface area (Å²) in [5.41, 5.74) is 13.5. The lowest BCUT2D eigenvalue weighted by Gasteiger charge is -2.17. The quantitative estimate of drug-likeness (QED) is 0.152. The number of aryl methyl sites for hydroxylation is 5. The van der Waals surface area contributed by atoms with Crippen molar-refractivity contribution >= 4 is 11.6 Å². The molecule has 1 aromatic heterocycles. The van der Waals surface area contributed by atoms with Crippen molar-refractivity contribution in [3.05, 3.63) is 122 Å². The number of hydrogen-bond donors (Lipinski definition) is 1. The molecule has 0 saturated carbocycles. The summed E-state index contributed by atoms with van der Waals surface area (Å²) in [6.07, 6.45) is 12.0. The number of pyridine rings is 1. The van der Waals surface area contributed by atoms with Gasteiger partial charge in [0.15, 0.2) is 0 Å². The SMILES string of the molecule is CCCCCCNCc1cc(Cl)c(CCc2cccc(-c3cccc(C)c3C)c2C)cc1CCc1cncc(C#N)c1. The van der Waals surface area contributed by atoms with E-state index in [1.54, 1.807) is 6.20 Å². The zero-order chi connectivity index (χ0) is 29.9. The Morgan fingerprint density at radius 2 is 1.50 bits per heavy atom. The topological polar surface area (TPSA) is 48.7 Å². The van der Waals surface area contributed by atoms with Crippen LogP contribution in [0.5, 0.6) is 0 Å². The Bertz CT molecular complexity index is 1530. The van der Waals surface area contributed by atoms with Gasteiger partial charge in [0.05, 0.1) is 5.56 Å². The minimum atomic E-state index is 0.608. The Labute approximate surface area is 258 Å². The highest BCUT2D eigenvalue weighted by atomic mass is 35.5. The maximum absolute atomic E-state index is 9.30. The average Bonchev–Trinajstić information content (AvgIpc) is 3.00. The van der Waals surface area contributed by atoms with E-state index in [0.717, 1.165) is 49.4 Å². The van der Waals surface area contributed by atoms with Crippen LogP contribution in [-0.4, -0.2) is 11.5 Å². The maximum atomic E-state index is 9.30. The van der Waals surface area contributed by atoms with Crippen molar-refractivity contribution in [2.75, 3.05) is 6.54 Å². The summed E-state index contributed by atoms with van der Waals surface area (Å²) in [6, 6.07) is 21.9. The summed E-state index contributed by atoms with van der Waals surface area (Å²) in [7, 11) is 0. The van der Waals surface area contributed by atoms with Crippen LogP contribution in [0.4, 0.5) is 0 Å². The van der Waals surface area contributed by atoms with E-state index in [-0.39, 0.29) is 0 Å². The number of unbranched alkanes of at least 4 members (excludes halogenated alkanes) is 3. The van der Waals surface area contributed by atoms with Gasteiger partial charge in [0.2, 0.25) is 0 Å². The minimum absolute atomic E-state index is 0.608. The third-order valence-corrected chi connectivity index (χ3v) is 8.85. The largest absolute Gasteiger partial charge is 0.313 e. The zero-order valence-electron chi connectivity index (χ0n) is 25.7. The fourth-order valence-electron chi connectivity index (χ4n) is 5.72.